The molecule has 3 saturated carbocycles. The molecule has 10 heterocycles. The number of anilines is 3. The van der Waals surface area contributed by atoms with Gasteiger partial charge in [-0.3, -0.25) is 29.3 Å². The average molecular weight is 990 g/mol. The number of amides is 5. The van der Waals surface area contributed by atoms with Crippen molar-refractivity contribution in [3.63, 3.8) is 0 Å². The Bertz CT molecular complexity index is 2830. The summed E-state index contributed by atoms with van der Waals surface area (Å²) in [6.45, 7) is 9.84. The minimum absolute atomic E-state index is 0.0958. The van der Waals surface area contributed by atoms with Crippen molar-refractivity contribution in [3.8, 4) is 11.3 Å². The van der Waals surface area contributed by atoms with Crippen LogP contribution in [0.4, 0.5) is 17.3 Å². The van der Waals surface area contributed by atoms with E-state index in [2.05, 4.69) is 72.9 Å². The molecule has 16 nitrogen and oxygen atoms in total. The van der Waals surface area contributed by atoms with Gasteiger partial charge in [-0.05, 0) is 152 Å². The summed E-state index contributed by atoms with van der Waals surface area (Å²) in [5.74, 6) is 1.37. The van der Waals surface area contributed by atoms with Crippen molar-refractivity contribution in [2.45, 2.75) is 158 Å². The van der Waals surface area contributed by atoms with Crippen molar-refractivity contribution in [1.29, 1.82) is 0 Å². The van der Waals surface area contributed by atoms with Crippen LogP contribution in [0, 0.1) is 17.8 Å². The molecular formula is C57H71N11O5. The molecule has 1 spiro atoms. The third kappa shape index (κ3) is 8.28. The highest BCUT2D eigenvalue weighted by molar-refractivity contribution is 6.09. The second-order valence-corrected chi connectivity index (χ2v) is 23.6. The van der Waals surface area contributed by atoms with Crippen molar-refractivity contribution in [2.75, 3.05) is 60.9 Å². The van der Waals surface area contributed by atoms with Crippen molar-refractivity contribution >= 4 is 57.9 Å². The van der Waals surface area contributed by atoms with E-state index < -0.39 is 5.41 Å². The number of carbonyl (C=O) groups is 5. The van der Waals surface area contributed by atoms with Gasteiger partial charge in [0.25, 0.3) is 0 Å². The van der Waals surface area contributed by atoms with Crippen LogP contribution in [0.3, 0.4) is 0 Å². The van der Waals surface area contributed by atoms with Crippen LogP contribution in [0.15, 0.2) is 48.9 Å². The molecule has 14 rings (SSSR count). The Hall–Kier alpha value is -5.90. The second kappa shape index (κ2) is 18.5. The maximum Gasteiger partial charge on any atom is 0.238 e. The number of nitrogens with zero attached hydrogens (tertiary/aromatic N) is 9. The first-order valence-corrected chi connectivity index (χ1v) is 28.0. The maximum atomic E-state index is 15.4. The van der Waals surface area contributed by atoms with E-state index in [1.807, 2.05) is 23.4 Å². The summed E-state index contributed by atoms with van der Waals surface area (Å²) in [5.41, 5.74) is 6.01. The topological polar surface area (TPSA) is 169 Å². The van der Waals surface area contributed by atoms with Crippen LogP contribution in [-0.4, -0.2) is 134 Å². The number of carbonyl (C=O) groups excluding carboxylic acids is 5. The molecule has 3 aliphatic carbocycles. The number of imidazole rings is 1. The predicted octanol–water partition coefficient (Wildman–Crippen LogP) is 6.94. The van der Waals surface area contributed by atoms with Crippen LogP contribution in [-0.2, 0) is 29.4 Å². The normalized spacial score (nSPS) is 28.5. The first-order valence-electron chi connectivity index (χ1n) is 28.0. The number of hydrogen-bond acceptors (Lipinski definition) is 11. The fraction of sp³-hybridized carbons (Fsp3) is 0.614. The number of pyridine rings is 2. The lowest BCUT2D eigenvalue weighted by Gasteiger charge is -2.52. The summed E-state index contributed by atoms with van der Waals surface area (Å²) < 4.78 is 2.20. The van der Waals surface area contributed by atoms with E-state index in [-0.39, 0.29) is 65.4 Å². The van der Waals surface area contributed by atoms with E-state index in [1.165, 1.54) is 19.3 Å². The van der Waals surface area contributed by atoms with E-state index in [0.717, 1.165) is 128 Å². The third-order valence-electron chi connectivity index (χ3n) is 19.0. The summed E-state index contributed by atoms with van der Waals surface area (Å²) in [6, 6.07) is 13.8. The molecule has 2 N–H and O–H groups in total. The molecule has 73 heavy (non-hydrogen) atoms. The number of benzene rings is 1. The van der Waals surface area contributed by atoms with Gasteiger partial charge in [0.2, 0.25) is 29.5 Å². The third-order valence-corrected chi connectivity index (χ3v) is 19.0. The number of nitrogens with one attached hydrogen (secondary N) is 2. The van der Waals surface area contributed by atoms with E-state index >= 15 is 4.79 Å². The molecule has 3 aromatic heterocycles. The molecule has 9 fully saturated rings. The molecule has 0 radical (unpaired) electrons. The lowest BCUT2D eigenvalue weighted by atomic mass is 9.70. The van der Waals surface area contributed by atoms with Crippen LogP contribution in [0.1, 0.15) is 140 Å². The van der Waals surface area contributed by atoms with Gasteiger partial charge in [0.15, 0.2) is 5.82 Å². The Labute approximate surface area is 428 Å². The van der Waals surface area contributed by atoms with Crippen molar-refractivity contribution in [3.05, 3.63) is 60.0 Å². The molecule has 4 atom stereocenters. The molecule has 384 valence electrons. The zero-order valence-corrected chi connectivity index (χ0v) is 42.6. The highest BCUT2D eigenvalue weighted by Crippen LogP contribution is 2.53. The number of imide groups is 1. The van der Waals surface area contributed by atoms with Crippen molar-refractivity contribution in [1.82, 2.24) is 39.5 Å². The van der Waals surface area contributed by atoms with Crippen LogP contribution in [0.5, 0.6) is 0 Å². The van der Waals surface area contributed by atoms with Gasteiger partial charge in [-0.25, -0.2) is 15.0 Å². The fourth-order valence-electron chi connectivity index (χ4n) is 14.5. The van der Waals surface area contributed by atoms with Gasteiger partial charge < -0.3 is 34.4 Å². The van der Waals surface area contributed by atoms with Gasteiger partial charge in [0.05, 0.1) is 34.8 Å². The maximum absolute atomic E-state index is 15.4. The molecule has 2 bridgehead atoms. The molecule has 6 saturated heterocycles. The fourth-order valence-corrected chi connectivity index (χ4v) is 14.5. The number of aromatic nitrogens is 4. The van der Waals surface area contributed by atoms with Gasteiger partial charge >= 0.3 is 0 Å². The molecule has 4 unspecified atom stereocenters. The Morgan fingerprint density at radius 2 is 1.60 bits per heavy atom. The summed E-state index contributed by atoms with van der Waals surface area (Å²) >= 11 is 0. The summed E-state index contributed by atoms with van der Waals surface area (Å²) in [6.07, 6.45) is 17.9. The molecule has 16 heteroatoms. The van der Waals surface area contributed by atoms with E-state index in [1.54, 1.807) is 6.20 Å². The minimum Gasteiger partial charge on any atom is -0.366 e. The molecule has 5 amide bonds. The van der Waals surface area contributed by atoms with Gasteiger partial charge in [-0.1, -0.05) is 24.6 Å². The standard InChI is InChI=1S/C57H71N11O5/c1-34(2)67-33-59-46-30-45(61-52(51(46)67)60-39-9-10-39)37-7-12-44-48(27-37)68(41-28-40(29-41)63-20-4-3-5-21-63)56(73)57(44)18-24-65(25-19-57)55(72)43-26-35-6-13-47(43)66(32-35)54(71)36-16-22-64(23-17-36)49-14-8-38(31-58-49)42-11-15-50(69)62-53(42)70/h7-8,12,14,27,30-31,33-36,39-43,47H,3-6,9-11,13,15-26,28-29,32H2,1-2H3,(H,60,61)(H,62,69,70)/t35?,40-,41+,42?,43?,47?. The molecule has 1 aromatic carbocycles. The summed E-state index contributed by atoms with van der Waals surface area (Å²) in [7, 11) is 0. The Balaban J connectivity index is 0.702. The zero-order valence-electron chi connectivity index (χ0n) is 42.6. The van der Waals surface area contributed by atoms with Gasteiger partial charge in [-0.15, -0.1) is 0 Å². The van der Waals surface area contributed by atoms with E-state index in [9.17, 15) is 19.2 Å². The Kier molecular flexibility index (Phi) is 11.9. The van der Waals surface area contributed by atoms with Crippen LogP contribution in [0.25, 0.3) is 22.3 Å². The molecule has 10 aliphatic rings. The number of hydrogen-bond donors (Lipinski definition) is 2. The van der Waals surface area contributed by atoms with Gasteiger partial charge in [0, 0.05) is 92.7 Å². The number of fused-ring (bicyclic) bond motifs is 6. The number of rotatable bonds is 10. The number of piperidine rings is 6. The van der Waals surface area contributed by atoms with Gasteiger partial charge in [-0.2, -0.15) is 0 Å². The van der Waals surface area contributed by atoms with Crippen molar-refractivity contribution < 1.29 is 24.0 Å². The van der Waals surface area contributed by atoms with Gasteiger partial charge in [0.1, 0.15) is 11.3 Å². The molecule has 7 aliphatic heterocycles. The lowest BCUT2D eigenvalue weighted by molar-refractivity contribution is -0.156. The highest BCUT2D eigenvalue weighted by Gasteiger charge is 2.57. The predicted molar refractivity (Wildman–Crippen MR) is 278 cm³/mol. The molecular weight excluding hydrogens is 919 g/mol. The minimum atomic E-state index is -0.694. The second-order valence-electron chi connectivity index (χ2n) is 23.6. The van der Waals surface area contributed by atoms with Crippen molar-refractivity contribution in [2.24, 2.45) is 17.8 Å². The zero-order chi connectivity index (χ0) is 49.7. The average Bonchev–Trinajstić information content (AvgIpc) is 4.07. The smallest absolute Gasteiger partial charge is 0.238 e. The highest BCUT2D eigenvalue weighted by atomic mass is 16.2. The first kappa shape index (κ1) is 46.9. The van der Waals surface area contributed by atoms with Crippen LogP contribution >= 0.6 is 0 Å². The van der Waals surface area contributed by atoms with Crippen LogP contribution < -0.4 is 20.4 Å². The summed E-state index contributed by atoms with van der Waals surface area (Å²) in [4.78, 5) is 94.8. The quantitative estimate of drug-likeness (QED) is 0.158. The Morgan fingerprint density at radius 3 is 2.32 bits per heavy atom. The summed E-state index contributed by atoms with van der Waals surface area (Å²) in [5, 5.41) is 6.15. The Morgan fingerprint density at radius 1 is 0.808 bits per heavy atom. The van der Waals surface area contributed by atoms with E-state index in [4.69, 9.17) is 15.0 Å². The molecule has 4 aromatic rings. The largest absolute Gasteiger partial charge is 0.366 e. The first-order chi connectivity index (χ1) is 35.5. The monoisotopic (exact) mass is 990 g/mol. The SMILES string of the molecule is CC(C)n1cnc2cc(-c3ccc4c(c3)N([C@H]3C[C@@H](N5CCCCC5)C3)C(=O)C43CCN(C(=O)C4CC5CCC4N(C(=O)C4CCN(c6ccc(C7CCC(=O)NC7=O)cn6)CC4)C5)CC3)nc(NC3CC3)c21. The lowest BCUT2D eigenvalue weighted by Crippen LogP contribution is -2.62. The van der Waals surface area contributed by atoms with Crippen LogP contribution in [0.2, 0.25) is 0 Å². The van der Waals surface area contributed by atoms with E-state index in [0.29, 0.717) is 69.9 Å². The number of likely N-dealkylation sites (tertiary alicyclic amines) is 2.